The largest absolute Gasteiger partial charge is 0.439 e. The van der Waals surface area contributed by atoms with Crippen molar-refractivity contribution in [3.8, 4) is 11.3 Å². The monoisotopic (exact) mass is 332 g/mol. The molecule has 0 radical (unpaired) electrons. The predicted molar refractivity (Wildman–Crippen MR) is 67.2 cm³/mol. The van der Waals surface area contributed by atoms with Gasteiger partial charge in [-0.1, -0.05) is 0 Å². The summed E-state index contributed by atoms with van der Waals surface area (Å²) in [4.78, 5) is 4.07. The van der Waals surface area contributed by atoms with Crippen molar-refractivity contribution >= 4 is 22.6 Å². The van der Waals surface area contributed by atoms with Crippen LogP contribution in [-0.2, 0) is 0 Å². The molecule has 0 saturated heterocycles. The van der Waals surface area contributed by atoms with Crippen LogP contribution in [0, 0.1) is 9.39 Å². The summed E-state index contributed by atoms with van der Waals surface area (Å²) in [6.07, 6.45) is 1.61. The Balaban J connectivity index is 2.42. The molecule has 16 heavy (non-hydrogen) atoms. The zero-order valence-electron chi connectivity index (χ0n) is 8.58. The van der Waals surface area contributed by atoms with Gasteiger partial charge in [0.25, 0.3) is 0 Å². The number of rotatable bonds is 2. The van der Waals surface area contributed by atoms with Crippen LogP contribution in [0.25, 0.3) is 11.3 Å². The third-order valence-corrected chi connectivity index (χ3v) is 3.00. The summed E-state index contributed by atoms with van der Waals surface area (Å²) in [6.45, 7) is 1.80. The van der Waals surface area contributed by atoms with Gasteiger partial charge in [-0.15, -0.1) is 0 Å². The molecule has 0 fully saturated rings. The smallest absolute Gasteiger partial charge is 0.211 e. The van der Waals surface area contributed by atoms with Gasteiger partial charge in [0, 0.05) is 9.13 Å². The van der Waals surface area contributed by atoms with E-state index in [0.717, 1.165) is 9.13 Å². The normalized spacial score (nSPS) is 12.8. The highest BCUT2D eigenvalue weighted by atomic mass is 127. The molecule has 84 valence electrons. The molecule has 0 aliphatic heterocycles. The van der Waals surface area contributed by atoms with Crippen LogP contribution in [0.4, 0.5) is 4.39 Å². The SMILES string of the molecule is CC(N)c1ncc(-c2ccc(F)cc2I)o1. The summed E-state index contributed by atoms with van der Waals surface area (Å²) in [5, 5.41) is 0. The Morgan fingerprint density at radius 2 is 2.25 bits per heavy atom. The highest BCUT2D eigenvalue weighted by molar-refractivity contribution is 14.1. The number of halogens is 2. The lowest BCUT2D eigenvalue weighted by molar-refractivity contribution is 0.473. The average molecular weight is 332 g/mol. The molecule has 2 rings (SSSR count). The number of hydrogen-bond donors (Lipinski definition) is 1. The lowest BCUT2D eigenvalue weighted by Crippen LogP contribution is -2.04. The van der Waals surface area contributed by atoms with Crippen LogP contribution < -0.4 is 5.73 Å². The van der Waals surface area contributed by atoms with Gasteiger partial charge in [-0.05, 0) is 47.7 Å². The van der Waals surface area contributed by atoms with E-state index in [1.54, 1.807) is 19.2 Å². The summed E-state index contributed by atoms with van der Waals surface area (Å²) >= 11 is 2.06. The Labute approximate surface area is 106 Å². The zero-order valence-corrected chi connectivity index (χ0v) is 10.7. The Morgan fingerprint density at radius 1 is 1.50 bits per heavy atom. The molecule has 1 atom stereocenters. The van der Waals surface area contributed by atoms with Crippen molar-refractivity contribution in [2.45, 2.75) is 13.0 Å². The molecular formula is C11H10FIN2O. The second-order valence-corrected chi connectivity index (χ2v) is 4.64. The summed E-state index contributed by atoms with van der Waals surface area (Å²) in [5.41, 5.74) is 6.47. The van der Waals surface area contributed by atoms with E-state index >= 15 is 0 Å². The van der Waals surface area contributed by atoms with Gasteiger partial charge >= 0.3 is 0 Å². The Hall–Kier alpha value is -0.950. The first-order chi connectivity index (χ1) is 7.58. The lowest BCUT2D eigenvalue weighted by Gasteiger charge is -2.01. The van der Waals surface area contributed by atoms with Crippen LogP contribution >= 0.6 is 22.6 Å². The van der Waals surface area contributed by atoms with Gasteiger partial charge in [-0.3, -0.25) is 0 Å². The quantitative estimate of drug-likeness (QED) is 0.860. The Morgan fingerprint density at radius 3 is 2.81 bits per heavy atom. The fourth-order valence-electron chi connectivity index (χ4n) is 1.31. The van der Waals surface area contributed by atoms with Crippen molar-refractivity contribution in [3.05, 3.63) is 39.7 Å². The van der Waals surface area contributed by atoms with Gasteiger partial charge in [0.15, 0.2) is 5.76 Å². The maximum atomic E-state index is 12.9. The Bertz CT molecular complexity index is 510. The molecule has 2 aromatic rings. The van der Waals surface area contributed by atoms with Crippen molar-refractivity contribution in [1.29, 1.82) is 0 Å². The summed E-state index contributed by atoms with van der Waals surface area (Å²) in [7, 11) is 0. The molecule has 1 unspecified atom stereocenters. The number of oxazole rings is 1. The summed E-state index contributed by atoms with van der Waals surface area (Å²) < 4.78 is 19.2. The number of hydrogen-bond acceptors (Lipinski definition) is 3. The lowest BCUT2D eigenvalue weighted by atomic mass is 10.2. The Kier molecular flexibility index (Phi) is 3.25. The topological polar surface area (TPSA) is 52.0 Å². The first kappa shape index (κ1) is 11.5. The number of benzene rings is 1. The molecule has 1 heterocycles. The van der Waals surface area contributed by atoms with Crippen LogP contribution in [0.2, 0.25) is 0 Å². The van der Waals surface area contributed by atoms with Crippen LogP contribution in [0.15, 0.2) is 28.8 Å². The summed E-state index contributed by atoms with van der Waals surface area (Å²) in [6, 6.07) is 4.27. The molecule has 0 bridgehead atoms. The molecule has 0 saturated carbocycles. The van der Waals surface area contributed by atoms with E-state index in [-0.39, 0.29) is 11.9 Å². The molecule has 3 nitrogen and oxygen atoms in total. The minimum absolute atomic E-state index is 0.244. The molecule has 2 N–H and O–H groups in total. The van der Waals surface area contributed by atoms with Gasteiger partial charge in [-0.2, -0.15) is 0 Å². The molecule has 1 aromatic heterocycles. The van der Waals surface area contributed by atoms with E-state index in [4.69, 9.17) is 10.2 Å². The molecular weight excluding hydrogens is 322 g/mol. The maximum Gasteiger partial charge on any atom is 0.211 e. The molecule has 0 aliphatic rings. The van der Waals surface area contributed by atoms with Gasteiger partial charge in [0.1, 0.15) is 5.82 Å². The molecule has 0 spiro atoms. The van der Waals surface area contributed by atoms with Crippen molar-refractivity contribution < 1.29 is 8.81 Å². The second-order valence-electron chi connectivity index (χ2n) is 3.48. The fourth-order valence-corrected chi connectivity index (χ4v) is 2.06. The third-order valence-electron chi connectivity index (χ3n) is 2.11. The highest BCUT2D eigenvalue weighted by Crippen LogP contribution is 2.27. The van der Waals surface area contributed by atoms with E-state index in [1.165, 1.54) is 12.1 Å². The first-order valence-corrected chi connectivity index (χ1v) is 5.82. The van der Waals surface area contributed by atoms with E-state index in [0.29, 0.717) is 11.7 Å². The van der Waals surface area contributed by atoms with Gasteiger partial charge in [-0.25, -0.2) is 9.37 Å². The van der Waals surface area contributed by atoms with Crippen molar-refractivity contribution in [1.82, 2.24) is 4.98 Å². The second kappa shape index (κ2) is 4.50. The van der Waals surface area contributed by atoms with Crippen LogP contribution in [0.5, 0.6) is 0 Å². The number of nitrogens with zero attached hydrogens (tertiary/aromatic N) is 1. The van der Waals surface area contributed by atoms with E-state index < -0.39 is 0 Å². The number of aromatic nitrogens is 1. The zero-order chi connectivity index (χ0) is 11.7. The fraction of sp³-hybridized carbons (Fsp3) is 0.182. The van der Waals surface area contributed by atoms with E-state index in [1.807, 2.05) is 0 Å². The predicted octanol–water partition coefficient (Wildman–Crippen LogP) is 3.11. The average Bonchev–Trinajstić information content (AvgIpc) is 2.66. The minimum atomic E-state index is -0.264. The van der Waals surface area contributed by atoms with Crippen molar-refractivity contribution in [2.75, 3.05) is 0 Å². The van der Waals surface area contributed by atoms with Crippen LogP contribution in [-0.4, -0.2) is 4.98 Å². The first-order valence-electron chi connectivity index (χ1n) is 4.74. The molecule has 0 aliphatic carbocycles. The maximum absolute atomic E-state index is 12.9. The van der Waals surface area contributed by atoms with E-state index in [2.05, 4.69) is 27.6 Å². The molecule has 1 aromatic carbocycles. The molecule has 0 amide bonds. The third kappa shape index (κ3) is 2.25. The van der Waals surface area contributed by atoms with Crippen molar-refractivity contribution in [3.63, 3.8) is 0 Å². The summed E-state index contributed by atoms with van der Waals surface area (Å²) in [5.74, 6) is 0.826. The number of nitrogens with two attached hydrogens (primary N) is 1. The van der Waals surface area contributed by atoms with Crippen LogP contribution in [0.1, 0.15) is 18.9 Å². The minimum Gasteiger partial charge on any atom is -0.439 e. The van der Waals surface area contributed by atoms with Crippen LogP contribution in [0.3, 0.4) is 0 Å². The standard InChI is InChI=1S/C11H10FIN2O/c1-6(14)11-15-5-10(16-11)8-3-2-7(12)4-9(8)13/h2-6H,14H2,1H3. The van der Waals surface area contributed by atoms with Gasteiger partial charge in [0.2, 0.25) is 5.89 Å². The van der Waals surface area contributed by atoms with Gasteiger partial charge in [0.05, 0.1) is 12.2 Å². The van der Waals surface area contributed by atoms with Crippen molar-refractivity contribution in [2.24, 2.45) is 5.73 Å². The molecule has 5 heteroatoms. The van der Waals surface area contributed by atoms with Gasteiger partial charge < -0.3 is 10.2 Å². The highest BCUT2D eigenvalue weighted by Gasteiger charge is 2.12. The van der Waals surface area contributed by atoms with E-state index in [9.17, 15) is 4.39 Å².